The van der Waals surface area contributed by atoms with Crippen molar-refractivity contribution in [3.63, 3.8) is 0 Å². The Hall–Kier alpha value is -1.41. The van der Waals surface area contributed by atoms with Gasteiger partial charge in [-0.15, -0.1) is 0 Å². The van der Waals surface area contributed by atoms with Crippen molar-refractivity contribution in [2.24, 2.45) is 5.92 Å². The zero-order valence-corrected chi connectivity index (χ0v) is 10.5. The highest BCUT2D eigenvalue weighted by atomic mass is 16.1. The molecule has 0 N–H and O–H groups in total. The average molecular weight is 239 g/mol. The fourth-order valence-corrected chi connectivity index (χ4v) is 4.02. The van der Waals surface area contributed by atoms with Crippen LogP contribution in [0.2, 0.25) is 0 Å². The lowest BCUT2D eigenvalue weighted by Gasteiger charge is -2.31. The molecule has 3 heterocycles. The van der Waals surface area contributed by atoms with Crippen LogP contribution in [0.1, 0.15) is 35.2 Å². The minimum atomic E-state index is 0.552. The second-order valence-electron chi connectivity index (χ2n) is 5.85. The van der Waals surface area contributed by atoms with Crippen molar-refractivity contribution in [2.45, 2.75) is 37.4 Å². The third-order valence-electron chi connectivity index (χ3n) is 4.99. The Morgan fingerprint density at radius 3 is 2.61 bits per heavy atom. The van der Waals surface area contributed by atoms with Crippen LogP contribution >= 0.6 is 0 Å². The van der Waals surface area contributed by atoms with E-state index in [9.17, 15) is 4.79 Å². The monoisotopic (exact) mass is 239 g/mol. The Bertz CT molecular complexity index is 518. The summed E-state index contributed by atoms with van der Waals surface area (Å²) >= 11 is 0. The molecule has 4 aliphatic rings. The third-order valence-corrected chi connectivity index (χ3v) is 4.99. The first kappa shape index (κ1) is 10.5. The molecule has 18 heavy (non-hydrogen) atoms. The molecule has 5 rings (SSSR count). The van der Waals surface area contributed by atoms with Crippen molar-refractivity contribution in [1.82, 2.24) is 4.90 Å². The zero-order chi connectivity index (χ0) is 12.3. The van der Waals surface area contributed by atoms with E-state index < -0.39 is 0 Å². The van der Waals surface area contributed by atoms with Gasteiger partial charge < -0.3 is 0 Å². The van der Waals surface area contributed by atoms with Crippen LogP contribution in [-0.4, -0.2) is 29.3 Å². The van der Waals surface area contributed by atoms with Gasteiger partial charge in [0.05, 0.1) is 0 Å². The first-order valence-corrected chi connectivity index (χ1v) is 6.80. The predicted octanol–water partition coefficient (Wildman–Crippen LogP) is 2.61. The van der Waals surface area contributed by atoms with E-state index in [1.165, 1.54) is 12.0 Å². The lowest BCUT2D eigenvalue weighted by molar-refractivity contribution is 0.112. The third kappa shape index (κ3) is 1.30. The Morgan fingerprint density at radius 1 is 1.28 bits per heavy atom. The first-order valence-electron chi connectivity index (χ1n) is 6.80. The molecule has 0 aromatic heterocycles. The van der Waals surface area contributed by atoms with Crippen LogP contribution in [0, 0.1) is 5.92 Å². The molecule has 1 aromatic carbocycles. The quantitative estimate of drug-likeness (QED) is 0.459. The zero-order valence-electron chi connectivity index (χ0n) is 10.5. The molecule has 2 heteroatoms. The molecule has 0 amide bonds. The van der Waals surface area contributed by atoms with Crippen LogP contribution in [0.5, 0.6) is 0 Å². The number of hydrogen-bond donors (Lipinski definition) is 0. The van der Waals surface area contributed by atoms with Gasteiger partial charge in [0, 0.05) is 23.7 Å². The van der Waals surface area contributed by atoms with Gasteiger partial charge in [0.1, 0.15) is 6.29 Å². The van der Waals surface area contributed by atoms with Gasteiger partial charge >= 0.3 is 0 Å². The van der Waals surface area contributed by atoms with Gasteiger partial charge in [-0.25, -0.2) is 0 Å². The lowest BCUT2D eigenvalue weighted by Crippen LogP contribution is -2.33. The molecule has 0 spiro atoms. The summed E-state index contributed by atoms with van der Waals surface area (Å²) in [5, 5.41) is 0. The van der Waals surface area contributed by atoms with Gasteiger partial charge in [-0.05, 0) is 23.8 Å². The molecular weight excluding hydrogens is 222 g/mol. The molecule has 1 aliphatic carbocycles. The molecule has 6 atom stereocenters. The van der Waals surface area contributed by atoms with Crippen molar-refractivity contribution < 1.29 is 4.79 Å². The van der Waals surface area contributed by atoms with E-state index in [4.69, 9.17) is 0 Å². The Labute approximate surface area is 107 Å². The molecule has 1 aromatic rings. The molecule has 2 nitrogen and oxygen atoms in total. The van der Waals surface area contributed by atoms with Crippen LogP contribution in [0.25, 0.3) is 0 Å². The van der Waals surface area contributed by atoms with E-state index in [0.717, 1.165) is 29.9 Å². The molecule has 0 radical (unpaired) electrons. The van der Waals surface area contributed by atoms with Gasteiger partial charge in [0.2, 0.25) is 0 Å². The summed E-state index contributed by atoms with van der Waals surface area (Å²) in [5.41, 5.74) is 2.13. The SMILES string of the molecule is C[C@H](c1ccc(C=O)cc1)[C@H]1[C@@H]2C=C[C@H]3[C@@H](C2)N13. The normalized spacial score (nSPS) is 40.6. The van der Waals surface area contributed by atoms with Crippen LogP contribution in [0.4, 0.5) is 0 Å². The molecule has 2 fully saturated rings. The fourth-order valence-electron chi connectivity index (χ4n) is 4.02. The number of carbonyl (C=O) groups is 1. The Kier molecular flexibility index (Phi) is 2.07. The van der Waals surface area contributed by atoms with Crippen LogP contribution in [0.15, 0.2) is 36.4 Å². The van der Waals surface area contributed by atoms with Crippen molar-refractivity contribution in [3.8, 4) is 0 Å². The fraction of sp³-hybridized carbons (Fsp3) is 0.438. The average Bonchev–Trinajstić information content (AvgIpc) is 3.05. The summed E-state index contributed by atoms with van der Waals surface area (Å²) in [6, 6.07) is 10.3. The van der Waals surface area contributed by atoms with E-state index in [1.54, 1.807) is 0 Å². The summed E-state index contributed by atoms with van der Waals surface area (Å²) in [5.74, 6) is 1.29. The Morgan fingerprint density at radius 2 is 2.06 bits per heavy atom. The van der Waals surface area contributed by atoms with Crippen molar-refractivity contribution in [2.75, 3.05) is 0 Å². The number of nitrogens with zero attached hydrogens (tertiary/aromatic N) is 1. The number of hydrogen-bond acceptors (Lipinski definition) is 2. The van der Waals surface area contributed by atoms with Crippen molar-refractivity contribution in [1.29, 1.82) is 0 Å². The van der Waals surface area contributed by atoms with E-state index in [-0.39, 0.29) is 0 Å². The predicted molar refractivity (Wildman–Crippen MR) is 70.7 cm³/mol. The summed E-state index contributed by atoms with van der Waals surface area (Å²) < 4.78 is 0. The maximum Gasteiger partial charge on any atom is 0.150 e. The number of benzene rings is 1. The van der Waals surface area contributed by atoms with Crippen molar-refractivity contribution >= 4 is 6.29 Å². The summed E-state index contributed by atoms with van der Waals surface area (Å²) in [7, 11) is 0. The van der Waals surface area contributed by atoms with Crippen molar-refractivity contribution in [3.05, 3.63) is 47.5 Å². The maximum absolute atomic E-state index is 10.7. The van der Waals surface area contributed by atoms with E-state index in [0.29, 0.717) is 12.0 Å². The Balaban J connectivity index is 1.61. The molecule has 3 aliphatic heterocycles. The minimum Gasteiger partial charge on any atom is -0.298 e. The van der Waals surface area contributed by atoms with Gasteiger partial charge in [-0.2, -0.15) is 0 Å². The van der Waals surface area contributed by atoms with Gasteiger partial charge in [-0.3, -0.25) is 9.69 Å². The number of carbonyl (C=O) groups excluding carboxylic acids is 1. The first-order chi connectivity index (χ1) is 8.79. The molecular formula is C16H17NO. The highest BCUT2D eigenvalue weighted by molar-refractivity contribution is 5.74. The number of aldehydes is 1. The molecule has 92 valence electrons. The van der Waals surface area contributed by atoms with E-state index in [1.807, 2.05) is 12.1 Å². The maximum atomic E-state index is 10.7. The highest BCUT2D eigenvalue weighted by Crippen LogP contribution is 2.54. The largest absolute Gasteiger partial charge is 0.298 e. The van der Waals surface area contributed by atoms with E-state index in [2.05, 4.69) is 36.1 Å². The number of rotatable bonds is 3. The highest BCUT2D eigenvalue weighted by Gasteiger charge is 2.61. The standard InChI is InChI=1S/C16H17NO/c1-10(12-4-2-11(9-18)3-5-12)16-13-6-7-14-15(8-13)17(14)16/h2-7,9-10,13-16H,8H2,1H3/t10-,13-,14+,15-,16+,17?/m1/s1. The summed E-state index contributed by atoms with van der Waals surface area (Å²) in [4.78, 5) is 13.4. The smallest absolute Gasteiger partial charge is 0.150 e. The lowest BCUT2D eigenvalue weighted by atomic mass is 9.81. The summed E-state index contributed by atoms with van der Waals surface area (Å²) in [6.07, 6.45) is 7.07. The molecule has 4 bridgehead atoms. The van der Waals surface area contributed by atoms with Crippen LogP contribution in [-0.2, 0) is 0 Å². The minimum absolute atomic E-state index is 0.552. The van der Waals surface area contributed by atoms with Gasteiger partial charge in [-0.1, -0.05) is 43.3 Å². The van der Waals surface area contributed by atoms with Crippen LogP contribution in [0.3, 0.4) is 0 Å². The topological polar surface area (TPSA) is 20.1 Å². The second kappa shape index (κ2) is 3.55. The van der Waals surface area contributed by atoms with Crippen LogP contribution < -0.4 is 0 Å². The van der Waals surface area contributed by atoms with Gasteiger partial charge in [0.15, 0.2) is 0 Å². The van der Waals surface area contributed by atoms with Gasteiger partial charge in [0.25, 0.3) is 0 Å². The number of piperidine rings is 1. The molecule has 0 saturated carbocycles. The summed E-state index contributed by atoms with van der Waals surface area (Å²) in [6.45, 7) is 2.32. The molecule has 1 unspecified atom stereocenters. The van der Waals surface area contributed by atoms with E-state index >= 15 is 0 Å². The second-order valence-corrected chi connectivity index (χ2v) is 5.85. The molecule has 2 saturated heterocycles.